The molecule has 1 amide bonds. The Kier molecular flexibility index (Phi) is 3.22. The van der Waals surface area contributed by atoms with Gasteiger partial charge in [-0.15, -0.1) is 0 Å². The lowest BCUT2D eigenvalue weighted by Crippen LogP contribution is -2.58. The number of carbonyl (C=O) groups is 1. The molecule has 4 aliphatic carbocycles. The van der Waals surface area contributed by atoms with Crippen molar-refractivity contribution in [3.63, 3.8) is 0 Å². The zero-order valence-corrected chi connectivity index (χ0v) is 12.8. The Labute approximate surface area is 127 Å². The van der Waals surface area contributed by atoms with E-state index in [-0.39, 0.29) is 5.41 Å². The molecule has 0 radical (unpaired) electrons. The standard InChI is InChI=1S/C17H25N3O/c18-1-2-19-3-5-20(6-4-19)16(21)17-10-13-7-14(11-17)9-15(8-13)12-17/h13-15H,2-12H2. The molecule has 21 heavy (non-hydrogen) atoms. The van der Waals surface area contributed by atoms with Gasteiger partial charge >= 0.3 is 0 Å². The lowest BCUT2D eigenvalue weighted by atomic mass is 9.49. The summed E-state index contributed by atoms with van der Waals surface area (Å²) in [6, 6.07) is 2.21. The molecule has 1 heterocycles. The Hall–Kier alpha value is -1.08. The van der Waals surface area contributed by atoms with E-state index in [9.17, 15) is 4.79 Å². The molecule has 0 unspecified atom stereocenters. The lowest BCUT2D eigenvalue weighted by Gasteiger charge is -2.57. The predicted molar refractivity (Wildman–Crippen MR) is 79.2 cm³/mol. The molecular weight excluding hydrogens is 262 g/mol. The van der Waals surface area contributed by atoms with Gasteiger partial charge in [0.1, 0.15) is 0 Å². The third-order valence-electron chi connectivity index (χ3n) is 6.45. The second-order valence-corrected chi connectivity index (χ2v) is 7.92. The number of hydrogen-bond acceptors (Lipinski definition) is 3. The average Bonchev–Trinajstić information content (AvgIpc) is 2.46. The summed E-state index contributed by atoms with van der Waals surface area (Å²) in [5.41, 5.74) is 0.00610. The Bertz CT molecular complexity index is 438. The van der Waals surface area contributed by atoms with Crippen LogP contribution in [0.15, 0.2) is 0 Å². The van der Waals surface area contributed by atoms with E-state index in [4.69, 9.17) is 5.26 Å². The van der Waals surface area contributed by atoms with Crippen LogP contribution >= 0.6 is 0 Å². The van der Waals surface area contributed by atoms with Crippen molar-refractivity contribution in [2.45, 2.75) is 38.5 Å². The Morgan fingerprint density at radius 1 is 1.00 bits per heavy atom. The Balaban J connectivity index is 1.45. The van der Waals surface area contributed by atoms with Crippen LogP contribution < -0.4 is 0 Å². The molecule has 0 aromatic carbocycles. The van der Waals surface area contributed by atoms with Gasteiger partial charge in [-0.25, -0.2) is 0 Å². The van der Waals surface area contributed by atoms with E-state index in [2.05, 4.69) is 15.9 Å². The molecular formula is C17H25N3O. The SMILES string of the molecule is N#CCN1CCN(C(=O)C23CC4CC(CC(C4)C2)C3)CC1. The zero-order chi connectivity index (χ0) is 14.4. The van der Waals surface area contributed by atoms with Gasteiger partial charge in [-0.1, -0.05) is 0 Å². The van der Waals surface area contributed by atoms with Gasteiger partial charge in [-0.05, 0) is 56.3 Å². The van der Waals surface area contributed by atoms with Crippen molar-refractivity contribution in [2.75, 3.05) is 32.7 Å². The molecule has 0 aromatic rings. The van der Waals surface area contributed by atoms with E-state index < -0.39 is 0 Å². The molecule has 5 fully saturated rings. The molecule has 0 N–H and O–H groups in total. The summed E-state index contributed by atoms with van der Waals surface area (Å²) in [5.74, 6) is 2.96. The van der Waals surface area contributed by atoms with Gasteiger partial charge in [0.25, 0.3) is 0 Å². The predicted octanol–water partition coefficient (Wildman–Crippen LogP) is 1.87. The summed E-state index contributed by atoms with van der Waals surface area (Å²) in [6.45, 7) is 3.88. The van der Waals surface area contributed by atoms with Crippen LogP contribution in [-0.2, 0) is 4.79 Å². The summed E-state index contributed by atoms with van der Waals surface area (Å²) in [7, 11) is 0. The highest BCUT2D eigenvalue weighted by atomic mass is 16.2. The molecule has 4 bridgehead atoms. The van der Waals surface area contributed by atoms with Crippen LogP contribution in [-0.4, -0.2) is 48.4 Å². The maximum Gasteiger partial charge on any atom is 0.228 e. The maximum atomic E-state index is 13.2. The highest BCUT2D eigenvalue weighted by Crippen LogP contribution is 2.60. The van der Waals surface area contributed by atoms with Crippen LogP contribution in [0.2, 0.25) is 0 Å². The van der Waals surface area contributed by atoms with E-state index >= 15 is 0 Å². The monoisotopic (exact) mass is 287 g/mol. The fourth-order valence-electron chi connectivity index (χ4n) is 5.92. The smallest absolute Gasteiger partial charge is 0.228 e. The second kappa shape index (κ2) is 4.98. The topological polar surface area (TPSA) is 47.3 Å². The number of piperazine rings is 1. The first-order chi connectivity index (χ1) is 10.2. The van der Waals surface area contributed by atoms with Gasteiger partial charge in [0.15, 0.2) is 0 Å². The number of nitriles is 1. The lowest BCUT2D eigenvalue weighted by molar-refractivity contribution is -0.159. The maximum absolute atomic E-state index is 13.2. The largest absolute Gasteiger partial charge is 0.340 e. The van der Waals surface area contributed by atoms with Gasteiger partial charge in [0.05, 0.1) is 18.0 Å². The third-order valence-corrected chi connectivity index (χ3v) is 6.45. The van der Waals surface area contributed by atoms with E-state index in [1.54, 1.807) is 0 Å². The summed E-state index contributed by atoms with van der Waals surface area (Å²) in [6.07, 6.45) is 7.66. The van der Waals surface area contributed by atoms with Crippen LogP contribution in [0.5, 0.6) is 0 Å². The zero-order valence-electron chi connectivity index (χ0n) is 12.8. The van der Waals surface area contributed by atoms with E-state index in [0.29, 0.717) is 12.5 Å². The number of nitrogens with zero attached hydrogens (tertiary/aromatic N) is 3. The fraction of sp³-hybridized carbons (Fsp3) is 0.882. The van der Waals surface area contributed by atoms with Crippen LogP contribution in [0, 0.1) is 34.5 Å². The quantitative estimate of drug-likeness (QED) is 0.728. The minimum absolute atomic E-state index is 0.00610. The summed E-state index contributed by atoms with van der Waals surface area (Å²) in [5, 5.41) is 8.78. The first kappa shape index (κ1) is 13.6. The van der Waals surface area contributed by atoms with Crippen molar-refractivity contribution in [2.24, 2.45) is 23.2 Å². The first-order valence-electron chi connectivity index (χ1n) is 8.57. The van der Waals surface area contributed by atoms with E-state index in [1.807, 2.05) is 0 Å². The molecule has 5 aliphatic rings. The number of rotatable bonds is 2. The molecule has 114 valence electrons. The van der Waals surface area contributed by atoms with Gasteiger partial charge in [0.2, 0.25) is 5.91 Å². The molecule has 4 nitrogen and oxygen atoms in total. The molecule has 5 rings (SSSR count). The van der Waals surface area contributed by atoms with Crippen LogP contribution in [0.3, 0.4) is 0 Å². The van der Waals surface area contributed by atoms with Crippen molar-refractivity contribution < 1.29 is 4.79 Å². The average molecular weight is 287 g/mol. The van der Waals surface area contributed by atoms with Crippen molar-refractivity contribution in [3.05, 3.63) is 0 Å². The van der Waals surface area contributed by atoms with Crippen LogP contribution in [0.4, 0.5) is 0 Å². The Morgan fingerprint density at radius 2 is 1.52 bits per heavy atom. The summed E-state index contributed by atoms with van der Waals surface area (Å²) in [4.78, 5) is 17.4. The minimum Gasteiger partial charge on any atom is -0.340 e. The molecule has 1 aliphatic heterocycles. The van der Waals surface area contributed by atoms with Crippen molar-refractivity contribution in [3.8, 4) is 6.07 Å². The fourth-order valence-corrected chi connectivity index (χ4v) is 5.92. The molecule has 4 heteroatoms. The molecule has 4 saturated carbocycles. The number of amides is 1. The highest BCUT2D eigenvalue weighted by molar-refractivity contribution is 5.83. The molecule has 1 saturated heterocycles. The summed E-state index contributed by atoms with van der Waals surface area (Å²) >= 11 is 0. The first-order valence-corrected chi connectivity index (χ1v) is 8.57. The molecule has 0 aromatic heterocycles. The van der Waals surface area contributed by atoms with Crippen molar-refractivity contribution >= 4 is 5.91 Å². The van der Waals surface area contributed by atoms with Crippen molar-refractivity contribution in [1.82, 2.24) is 9.80 Å². The van der Waals surface area contributed by atoms with Crippen LogP contribution in [0.1, 0.15) is 38.5 Å². The minimum atomic E-state index is 0.00610. The highest BCUT2D eigenvalue weighted by Gasteiger charge is 2.55. The molecule has 0 atom stereocenters. The van der Waals surface area contributed by atoms with Gasteiger partial charge < -0.3 is 4.90 Å². The van der Waals surface area contributed by atoms with Gasteiger partial charge in [-0.3, -0.25) is 9.69 Å². The number of carbonyl (C=O) groups excluding carboxylic acids is 1. The van der Waals surface area contributed by atoms with E-state index in [1.165, 1.54) is 19.3 Å². The summed E-state index contributed by atoms with van der Waals surface area (Å²) < 4.78 is 0. The Morgan fingerprint density at radius 3 is 2.00 bits per heavy atom. The number of hydrogen-bond donors (Lipinski definition) is 0. The normalized spacial score (nSPS) is 42.0. The van der Waals surface area contributed by atoms with Gasteiger partial charge in [0, 0.05) is 26.2 Å². The van der Waals surface area contributed by atoms with Crippen LogP contribution in [0.25, 0.3) is 0 Å². The van der Waals surface area contributed by atoms with E-state index in [0.717, 1.165) is 63.2 Å². The van der Waals surface area contributed by atoms with Crippen molar-refractivity contribution in [1.29, 1.82) is 5.26 Å². The second-order valence-electron chi connectivity index (χ2n) is 7.92. The third kappa shape index (κ3) is 2.26. The molecule has 0 spiro atoms. The van der Waals surface area contributed by atoms with Gasteiger partial charge in [-0.2, -0.15) is 5.26 Å².